The van der Waals surface area contributed by atoms with Crippen LogP contribution in [0.2, 0.25) is 0 Å². The van der Waals surface area contributed by atoms with Gasteiger partial charge < -0.3 is 5.32 Å². The molecule has 1 rings (SSSR count). The van der Waals surface area contributed by atoms with Crippen molar-refractivity contribution in [1.82, 2.24) is 5.32 Å². The molecule has 1 N–H and O–H groups in total. The van der Waals surface area contributed by atoms with Crippen molar-refractivity contribution in [1.29, 1.82) is 0 Å². The maximum Gasteiger partial charge on any atom is 0.126 e. The van der Waals surface area contributed by atoms with Gasteiger partial charge in [0, 0.05) is 10.5 Å². The molecule has 114 valence electrons. The van der Waals surface area contributed by atoms with Crippen LogP contribution < -0.4 is 5.32 Å². The van der Waals surface area contributed by atoms with Gasteiger partial charge in [0.25, 0.3) is 0 Å². The minimum atomic E-state index is -0.0953. The first-order chi connectivity index (χ1) is 9.34. The summed E-state index contributed by atoms with van der Waals surface area (Å²) in [7, 11) is 0. The van der Waals surface area contributed by atoms with Gasteiger partial charge in [-0.05, 0) is 61.4 Å². The number of nitrogens with one attached hydrogen (secondary N) is 1. The van der Waals surface area contributed by atoms with Crippen LogP contribution in [0.1, 0.15) is 52.5 Å². The Morgan fingerprint density at radius 1 is 1.30 bits per heavy atom. The fraction of sp³-hybridized carbons (Fsp3) is 0.647. The molecule has 0 saturated carbocycles. The van der Waals surface area contributed by atoms with Crippen molar-refractivity contribution in [2.45, 2.75) is 59.4 Å². The Hall–Kier alpha value is -0.410. The fourth-order valence-electron chi connectivity index (χ4n) is 2.39. The molecule has 0 aromatic heterocycles. The van der Waals surface area contributed by atoms with Gasteiger partial charge in [-0.15, -0.1) is 0 Å². The summed E-state index contributed by atoms with van der Waals surface area (Å²) in [6.07, 6.45) is 4.03. The first-order valence-electron chi connectivity index (χ1n) is 7.52. The molecule has 0 saturated heterocycles. The molecule has 1 aromatic carbocycles. The van der Waals surface area contributed by atoms with E-state index < -0.39 is 0 Å². The van der Waals surface area contributed by atoms with Crippen molar-refractivity contribution in [3.05, 3.63) is 34.1 Å². The molecule has 0 bridgehead atoms. The van der Waals surface area contributed by atoms with Crippen LogP contribution in [0.4, 0.5) is 4.39 Å². The number of hydrogen-bond donors (Lipinski definition) is 1. The summed E-state index contributed by atoms with van der Waals surface area (Å²) in [6.45, 7) is 10.0. The minimum Gasteiger partial charge on any atom is -0.313 e. The molecule has 3 heteroatoms. The molecule has 0 spiro atoms. The molecule has 0 radical (unpaired) electrons. The maximum atomic E-state index is 13.7. The predicted molar refractivity (Wildman–Crippen MR) is 88.6 cm³/mol. The predicted octanol–water partition coefficient (Wildman–Crippen LogP) is 5.33. The average Bonchev–Trinajstić information content (AvgIpc) is 2.36. The molecular weight excluding hydrogens is 317 g/mol. The van der Waals surface area contributed by atoms with Crippen LogP contribution in [0.5, 0.6) is 0 Å². The third kappa shape index (κ3) is 5.92. The number of rotatable bonds is 7. The Morgan fingerprint density at radius 3 is 2.60 bits per heavy atom. The zero-order valence-electron chi connectivity index (χ0n) is 13.1. The SMILES string of the molecule is CCCNC(CCCc1cc(Br)ccc1F)C(C)(C)C. The van der Waals surface area contributed by atoms with E-state index in [1.54, 1.807) is 6.07 Å². The van der Waals surface area contributed by atoms with E-state index in [1.165, 1.54) is 6.07 Å². The van der Waals surface area contributed by atoms with Crippen LogP contribution in [-0.2, 0) is 6.42 Å². The molecule has 0 amide bonds. The highest BCUT2D eigenvalue weighted by Crippen LogP contribution is 2.24. The van der Waals surface area contributed by atoms with E-state index in [-0.39, 0.29) is 11.2 Å². The normalized spacial score (nSPS) is 13.5. The van der Waals surface area contributed by atoms with Crippen molar-refractivity contribution in [2.75, 3.05) is 6.54 Å². The number of hydrogen-bond acceptors (Lipinski definition) is 1. The van der Waals surface area contributed by atoms with Crippen LogP contribution in [0, 0.1) is 11.2 Å². The topological polar surface area (TPSA) is 12.0 Å². The third-order valence-corrected chi connectivity index (χ3v) is 4.13. The Bertz CT molecular complexity index is 412. The molecular formula is C17H27BrFN. The second kappa shape index (κ2) is 8.14. The van der Waals surface area contributed by atoms with E-state index in [2.05, 4.69) is 48.9 Å². The number of benzene rings is 1. The van der Waals surface area contributed by atoms with Crippen LogP contribution in [0.3, 0.4) is 0 Å². The Kier molecular flexibility index (Phi) is 7.18. The number of halogens is 2. The standard InChI is InChI=1S/C17H27BrFN/c1-5-11-20-16(17(2,3)4)8-6-7-13-12-14(18)9-10-15(13)19/h9-10,12,16,20H,5-8,11H2,1-4H3. The molecule has 0 heterocycles. The Labute approximate surface area is 131 Å². The molecule has 1 aromatic rings. The third-order valence-electron chi connectivity index (χ3n) is 3.63. The summed E-state index contributed by atoms with van der Waals surface area (Å²) in [5.74, 6) is -0.0953. The van der Waals surface area contributed by atoms with E-state index in [1.807, 2.05) is 6.07 Å². The highest BCUT2D eigenvalue weighted by atomic mass is 79.9. The second-order valence-electron chi connectivity index (χ2n) is 6.50. The Balaban J connectivity index is 2.53. The average molecular weight is 344 g/mol. The van der Waals surface area contributed by atoms with Gasteiger partial charge in [0.2, 0.25) is 0 Å². The van der Waals surface area contributed by atoms with Gasteiger partial charge >= 0.3 is 0 Å². The first kappa shape index (κ1) is 17.6. The maximum absolute atomic E-state index is 13.7. The van der Waals surface area contributed by atoms with E-state index >= 15 is 0 Å². The van der Waals surface area contributed by atoms with Gasteiger partial charge in [0.05, 0.1) is 0 Å². The van der Waals surface area contributed by atoms with E-state index in [4.69, 9.17) is 0 Å². The van der Waals surface area contributed by atoms with Gasteiger partial charge in [0.1, 0.15) is 5.82 Å². The van der Waals surface area contributed by atoms with Gasteiger partial charge in [-0.1, -0.05) is 43.6 Å². The summed E-state index contributed by atoms with van der Waals surface area (Å²) in [4.78, 5) is 0. The number of aryl methyl sites for hydroxylation is 1. The zero-order valence-corrected chi connectivity index (χ0v) is 14.7. The molecule has 20 heavy (non-hydrogen) atoms. The summed E-state index contributed by atoms with van der Waals surface area (Å²) >= 11 is 3.40. The lowest BCUT2D eigenvalue weighted by molar-refractivity contribution is 0.251. The molecule has 0 aliphatic heterocycles. The highest BCUT2D eigenvalue weighted by Gasteiger charge is 2.23. The smallest absolute Gasteiger partial charge is 0.126 e. The largest absolute Gasteiger partial charge is 0.313 e. The van der Waals surface area contributed by atoms with Crippen LogP contribution >= 0.6 is 15.9 Å². The van der Waals surface area contributed by atoms with Crippen molar-refractivity contribution in [3.63, 3.8) is 0 Å². The zero-order chi connectivity index (χ0) is 15.2. The molecule has 1 nitrogen and oxygen atoms in total. The molecule has 0 aliphatic rings. The molecule has 0 aliphatic carbocycles. The monoisotopic (exact) mass is 343 g/mol. The molecule has 1 atom stereocenters. The van der Waals surface area contributed by atoms with Crippen LogP contribution in [-0.4, -0.2) is 12.6 Å². The Morgan fingerprint density at radius 2 is 2.00 bits per heavy atom. The minimum absolute atomic E-state index is 0.0953. The van der Waals surface area contributed by atoms with Crippen LogP contribution in [0.15, 0.2) is 22.7 Å². The summed E-state index contributed by atoms with van der Waals surface area (Å²) < 4.78 is 14.6. The fourth-order valence-corrected chi connectivity index (χ4v) is 2.80. The van der Waals surface area contributed by atoms with Gasteiger partial charge in [-0.3, -0.25) is 0 Å². The second-order valence-corrected chi connectivity index (χ2v) is 7.42. The van der Waals surface area contributed by atoms with E-state index in [0.29, 0.717) is 6.04 Å². The highest BCUT2D eigenvalue weighted by molar-refractivity contribution is 9.10. The van der Waals surface area contributed by atoms with Crippen molar-refractivity contribution < 1.29 is 4.39 Å². The lowest BCUT2D eigenvalue weighted by Gasteiger charge is -2.32. The van der Waals surface area contributed by atoms with Gasteiger partial charge in [0.15, 0.2) is 0 Å². The first-order valence-corrected chi connectivity index (χ1v) is 8.31. The summed E-state index contributed by atoms with van der Waals surface area (Å²) in [5.41, 5.74) is 1.05. The van der Waals surface area contributed by atoms with Crippen molar-refractivity contribution in [2.24, 2.45) is 5.41 Å². The van der Waals surface area contributed by atoms with Gasteiger partial charge in [-0.2, -0.15) is 0 Å². The summed E-state index contributed by atoms with van der Waals surface area (Å²) in [5, 5.41) is 3.62. The lowest BCUT2D eigenvalue weighted by atomic mass is 9.83. The van der Waals surface area contributed by atoms with E-state index in [0.717, 1.165) is 42.3 Å². The quantitative estimate of drug-likeness (QED) is 0.705. The van der Waals surface area contributed by atoms with Crippen molar-refractivity contribution >= 4 is 15.9 Å². The molecule has 0 fully saturated rings. The summed E-state index contributed by atoms with van der Waals surface area (Å²) in [6, 6.07) is 5.66. The van der Waals surface area contributed by atoms with Gasteiger partial charge in [-0.25, -0.2) is 4.39 Å². The van der Waals surface area contributed by atoms with Crippen molar-refractivity contribution in [3.8, 4) is 0 Å². The van der Waals surface area contributed by atoms with E-state index in [9.17, 15) is 4.39 Å². The van der Waals surface area contributed by atoms with Crippen LogP contribution in [0.25, 0.3) is 0 Å². The molecule has 1 unspecified atom stereocenters. The lowest BCUT2D eigenvalue weighted by Crippen LogP contribution is -2.40.